The van der Waals surface area contributed by atoms with Crippen molar-refractivity contribution in [2.75, 3.05) is 0 Å². The van der Waals surface area contributed by atoms with Crippen LogP contribution >= 0.6 is 15.9 Å². The van der Waals surface area contributed by atoms with Crippen molar-refractivity contribution in [1.82, 2.24) is 0 Å². The number of hydrogen-bond acceptors (Lipinski definition) is 0. The molecule has 0 heterocycles. The minimum Gasteiger partial charge on any atom is -0.207 e. The largest absolute Gasteiger partial charge is 0.391 e. The van der Waals surface area contributed by atoms with Crippen LogP contribution in [0.1, 0.15) is 31.2 Å². The molecule has 1 atom stereocenters. The zero-order valence-electron chi connectivity index (χ0n) is 11.0. The lowest BCUT2D eigenvalue weighted by Gasteiger charge is -2.32. The maximum absolute atomic E-state index is 13.1. The molecule has 112 valence electrons. The lowest BCUT2D eigenvalue weighted by atomic mass is 9.79. The third kappa shape index (κ3) is 4.21. The molecule has 2 rings (SSSR count). The van der Waals surface area contributed by atoms with Gasteiger partial charge >= 0.3 is 6.18 Å². The van der Waals surface area contributed by atoms with Crippen LogP contribution in [0.15, 0.2) is 24.3 Å². The molecule has 0 bridgehead atoms. The minimum absolute atomic E-state index is 0.110. The van der Waals surface area contributed by atoms with E-state index in [1.165, 1.54) is 12.1 Å². The highest BCUT2D eigenvalue weighted by molar-refractivity contribution is 9.09. The third-order valence-electron chi connectivity index (χ3n) is 4.07. The molecule has 1 unspecified atom stereocenters. The van der Waals surface area contributed by atoms with Crippen molar-refractivity contribution in [2.45, 2.75) is 43.1 Å². The standard InChI is InChI=1S/C15H17BrF4/c16-14(9-10-2-1-3-13(17)8-10)11-4-6-12(7-5-11)15(18,19)20/h1-3,8,11-12,14H,4-7,9H2. The van der Waals surface area contributed by atoms with Crippen LogP contribution < -0.4 is 0 Å². The highest BCUT2D eigenvalue weighted by Crippen LogP contribution is 2.42. The van der Waals surface area contributed by atoms with Crippen LogP contribution in [0.2, 0.25) is 0 Å². The van der Waals surface area contributed by atoms with Gasteiger partial charge in [0, 0.05) is 4.83 Å². The van der Waals surface area contributed by atoms with E-state index in [0.29, 0.717) is 19.3 Å². The first kappa shape index (κ1) is 15.8. The number of hydrogen-bond donors (Lipinski definition) is 0. The SMILES string of the molecule is Fc1cccc(CC(Br)C2CCC(C(F)(F)F)CC2)c1. The maximum atomic E-state index is 13.1. The fraction of sp³-hybridized carbons (Fsp3) is 0.600. The molecule has 0 radical (unpaired) electrons. The molecule has 1 aromatic rings. The first-order valence-corrected chi connectivity index (χ1v) is 7.73. The van der Waals surface area contributed by atoms with Crippen LogP contribution in [-0.2, 0) is 6.42 Å². The Hall–Kier alpha value is -0.580. The van der Waals surface area contributed by atoms with Gasteiger partial charge in [-0.25, -0.2) is 4.39 Å². The summed E-state index contributed by atoms with van der Waals surface area (Å²) in [6.45, 7) is 0. The number of benzene rings is 1. The van der Waals surface area contributed by atoms with Gasteiger partial charge in [-0.15, -0.1) is 0 Å². The molecule has 0 saturated heterocycles. The summed E-state index contributed by atoms with van der Waals surface area (Å²) in [4.78, 5) is 0.110. The fourth-order valence-corrected chi connectivity index (χ4v) is 3.77. The molecule has 1 saturated carbocycles. The molecule has 5 heteroatoms. The maximum Gasteiger partial charge on any atom is 0.391 e. The molecule has 0 spiro atoms. The topological polar surface area (TPSA) is 0 Å². The van der Waals surface area contributed by atoms with Gasteiger partial charge in [0.25, 0.3) is 0 Å². The van der Waals surface area contributed by atoms with Crippen molar-refractivity contribution in [2.24, 2.45) is 11.8 Å². The molecule has 1 aliphatic carbocycles. The van der Waals surface area contributed by atoms with Crippen molar-refractivity contribution in [3.63, 3.8) is 0 Å². The first-order chi connectivity index (χ1) is 9.36. The van der Waals surface area contributed by atoms with E-state index in [4.69, 9.17) is 0 Å². The second-order valence-electron chi connectivity index (χ2n) is 5.50. The normalized spacial score (nSPS) is 25.4. The Morgan fingerprint density at radius 3 is 2.35 bits per heavy atom. The average molecular weight is 353 g/mol. The van der Waals surface area contributed by atoms with Gasteiger partial charge in [0.05, 0.1) is 5.92 Å². The van der Waals surface area contributed by atoms with Crippen LogP contribution in [0.3, 0.4) is 0 Å². The van der Waals surface area contributed by atoms with Crippen LogP contribution in [-0.4, -0.2) is 11.0 Å². The second-order valence-corrected chi connectivity index (χ2v) is 6.68. The first-order valence-electron chi connectivity index (χ1n) is 6.81. The third-order valence-corrected chi connectivity index (χ3v) is 5.14. The van der Waals surface area contributed by atoms with E-state index in [9.17, 15) is 17.6 Å². The van der Waals surface area contributed by atoms with Gasteiger partial charge in [-0.1, -0.05) is 28.1 Å². The Labute approximate surface area is 124 Å². The average Bonchev–Trinajstić information content (AvgIpc) is 2.38. The van der Waals surface area contributed by atoms with Crippen molar-refractivity contribution < 1.29 is 17.6 Å². The van der Waals surface area contributed by atoms with Gasteiger partial charge < -0.3 is 0 Å². The summed E-state index contributed by atoms with van der Waals surface area (Å²) in [5.41, 5.74) is 0.879. The van der Waals surface area contributed by atoms with Crippen LogP contribution in [0.4, 0.5) is 17.6 Å². The molecule has 0 nitrogen and oxygen atoms in total. The van der Waals surface area contributed by atoms with Gasteiger partial charge in [0.1, 0.15) is 5.82 Å². The molecule has 1 aromatic carbocycles. The highest BCUT2D eigenvalue weighted by Gasteiger charge is 2.42. The Morgan fingerprint density at radius 1 is 1.15 bits per heavy atom. The minimum atomic E-state index is -4.06. The Morgan fingerprint density at radius 2 is 1.80 bits per heavy atom. The zero-order chi connectivity index (χ0) is 14.8. The molecular weight excluding hydrogens is 336 g/mol. The van der Waals surface area contributed by atoms with Crippen LogP contribution in [0.25, 0.3) is 0 Å². The van der Waals surface area contributed by atoms with Crippen molar-refractivity contribution >= 4 is 15.9 Å². The molecule has 0 aromatic heterocycles. The highest BCUT2D eigenvalue weighted by atomic mass is 79.9. The molecule has 1 aliphatic rings. The summed E-state index contributed by atoms with van der Waals surface area (Å²) in [6.07, 6.45) is -1.84. The van der Waals surface area contributed by atoms with E-state index in [1.807, 2.05) is 6.07 Å². The molecule has 1 fully saturated rings. The monoisotopic (exact) mass is 352 g/mol. The lowest BCUT2D eigenvalue weighted by molar-refractivity contribution is -0.183. The number of halogens is 5. The number of rotatable bonds is 3. The summed E-state index contributed by atoms with van der Waals surface area (Å²) in [5.74, 6) is -1.19. The van der Waals surface area contributed by atoms with Crippen molar-refractivity contribution in [1.29, 1.82) is 0 Å². The van der Waals surface area contributed by atoms with Gasteiger partial charge in [0.15, 0.2) is 0 Å². The Bertz CT molecular complexity index is 436. The van der Waals surface area contributed by atoms with Crippen LogP contribution in [0, 0.1) is 17.7 Å². The molecular formula is C15H17BrF4. The van der Waals surface area contributed by atoms with E-state index in [-0.39, 0.29) is 29.4 Å². The van der Waals surface area contributed by atoms with Crippen LogP contribution in [0.5, 0.6) is 0 Å². The predicted molar refractivity (Wildman–Crippen MR) is 74.3 cm³/mol. The smallest absolute Gasteiger partial charge is 0.207 e. The predicted octanol–water partition coefficient (Wildman–Crippen LogP) is 5.50. The van der Waals surface area contributed by atoms with E-state index < -0.39 is 12.1 Å². The summed E-state index contributed by atoms with van der Waals surface area (Å²) >= 11 is 3.57. The molecule has 20 heavy (non-hydrogen) atoms. The van der Waals surface area contributed by atoms with E-state index in [2.05, 4.69) is 15.9 Å². The summed E-state index contributed by atoms with van der Waals surface area (Å²) in [6, 6.07) is 6.38. The number of alkyl halides is 4. The molecule has 0 aliphatic heterocycles. The quantitative estimate of drug-likeness (QED) is 0.497. The summed E-state index contributed by atoms with van der Waals surface area (Å²) < 4.78 is 50.9. The van der Waals surface area contributed by atoms with Gasteiger partial charge in [-0.3, -0.25) is 0 Å². The van der Waals surface area contributed by atoms with E-state index in [1.54, 1.807) is 6.07 Å². The van der Waals surface area contributed by atoms with Gasteiger partial charge in [0.2, 0.25) is 0 Å². The lowest BCUT2D eigenvalue weighted by Crippen LogP contribution is -2.30. The molecule has 0 amide bonds. The van der Waals surface area contributed by atoms with Gasteiger partial charge in [-0.2, -0.15) is 13.2 Å². The summed E-state index contributed by atoms with van der Waals surface area (Å²) in [7, 11) is 0. The van der Waals surface area contributed by atoms with Crippen molar-refractivity contribution in [3.8, 4) is 0 Å². The zero-order valence-corrected chi connectivity index (χ0v) is 12.6. The van der Waals surface area contributed by atoms with Crippen molar-refractivity contribution in [3.05, 3.63) is 35.6 Å². The second kappa shape index (κ2) is 6.46. The molecule has 0 N–H and O–H groups in total. The fourth-order valence-electron chi connectivity index (χ4n) is 2.86. The van der Waals surface area contributed by atoms with E-state index >= 15 is 0 Å². The Balaban J connectivity index is 1.87. The summed E-state index contributed by atoms with van der Waals surface area (Å²) in [5, 5.41) is 0. The van der Waals surface area contributed by atoms with E-state index in [0.717, 1.165) is 5.56 Å². The Kier molecular flexibility index (Phi) is 5.10. The van der Waals surface area contributed by atoms with Gasteiger partial charge in [-0.05, 0) is 55.7 Å².